The first-order chi connectivity index (χ1) is 23.0. The highest BCUT2D eigenvalue weighted by atomic mass is 16.5. The van der Waals surface area contributed by atoms with Gasteiger partial charge in [0.25, 0.3) is 0 Å². The van der Waals surface area contributed by atoms with Crippen molar-refractivity contribution in [3.8, 4) is 28.4 Å². The minimum Gasteiger partial charge on any atom is -0.493 e. The molecule has 0 aliphatic rings. The van der Waals surface area contributed by atoms with Crippen LogP contribution in [0.2, 0.25) is 0 Å². The summed E-state index contributed by atoms with van der Waals surface area (Å²) in [4.78, 5) is 62.2. The normalized spacial score (nSPS) is 10.9. The van der Waals surface area contributed by atoms with Crippen molar-refractivity contribution in [2.45, 2.75) is 32.6 Å². The lowest BCUT2D eigenvalue weighted by molar-refractivity contribution is 0.0647. The first-order valence-electron chi connectivity index (χ1n) is 15.0. The van der Waals surface area contributed by atoms with Crippen LogP contribution in [0.3, 0.4) is 0 Å². The maximum Gasteiger partial charge on any atom is 0.340 e. The number of ketones is 1. The van der Waals surface area contributed by atoms with Gasteiger partial charge in [0.2, 0.25) is 0 Å². The van der Waals surface area contributed by atoms with Crippen LogP contribution >= 0.6 is 0 Å². The zero-order valence-electron chi connectivity index (χ0n) is 25.8. The summed E-state index contributed by atoms with van der Waals surface area (Å²) in [5, 5.41) is 40.3. The summed E-state index contributed by atoms with van der Waals surface area (Å²) in [6, 6.07) is 19.5. The lowest BCUT2D eigenvalue weighted by Gasteiger charge is -2.21. The van der Waals surface area contributed by atoms with Crippen molar-refractivity contribution in [1.82, 2.24) is 0 Å². The lowest BCUT2D eigenvalue weighted by atomic mass is 9.88. The largest absolute Gasteiger partial charge is 0.493 e. The number of rotatable bonds is 16. The molecule has 0 bridgehead atoms. The average molecular weight is 653 g/mol. The summed E-state index contributed by atoms with van der Waals surface area (Å²) in [6.45, 7) is 2.08. The molecule has 0 aromatic heterocycles. The maximum atomic E-state index is 12.8. The molecule has 246 valence electrons. The summed E-state index contributed by atoms with van der Waals surface area (Å²) in [5.74, 6) is -7.33. The van der Waals surface area contributed by atoms with Crippen molar-refractivity contribution >= 4 is 35.7 Å². The van der Waals surface area contributed by atoms with Crippen LogP contribution in [0, 0.1) is 0 Å². The van der Waals surface area contributed by atoms with Crippen molar-refractivity contribution in [3.63, 3.8) is 0 Å². The predicted molar refractivity (Wildman–Crippen MR) is 176 cm³/mol. The number of carboxylic acid groups (broad SMARTS) is 4. The van der Waals surface area contributed by atoms with Crippen molar-refractivity contribution in [2.75, 3.05) is 6.61 Å². The number of benzene rings is 4. The molecular formula is C37H32O11. The van der Waals surface area contributed by atoms with Crippen LogP contribution < -0.4 is 9.47 Å². The predicted octanol–water partition coefficient (Wildman–Crippen LogP) is 7.79. The topological polar surface area (TPSA) is 185 Å². The molecule has 0 spiro atoms. The monoisotopic (exact) mass is 652 g/mol. The highest BCUT2D eigenvalue weighted by molar-refractivity contribution is 6.13. The highest BCUT2D eigenvalue weighted by Crippen LogP contribution is 2.44. The standard InChI is InChI=1S/C37H32O11/c1-2-3-4-8-20-47-28-21-29(48-24-17-14-22(15-18-24)16-19-27(38)23-10-6-5-7-11-23)31(33(37(45)46)32(28)36(43)44)25-12-9-13-26(34(39)40)30(25)35(41)42/h5-7,9-19,21H,2-4,8,20H2,1H3,(H,39,40)(H,41,42)(H,43,44)(H,45,46). The Hall–Kier alpha value is -6.23. The molecule has 0 unspecified atom stereocenters. The Balaban J connectivity index is 1.86. The number of allylic oxidation sites excluding steroid dienone is 1. The van der Waals surface area contributed by atoms with E-state index in [1.165, 1.54) is 30.3 Å². The van der Waals surface area contributed by atoms with Gasteiger partial charge >= 0.3 is 23.9 Å². The number of ether oxygens (including phenoxy) is 2. The van der Waals surface area contributed by atoms with Gasteiger partial charge in [0, 0.05) is 22.8 Å². The van der Waals surface area contributed by atoms with Crippen molar-refractivity contribution < 1.29 is 53.9 Å². The Morgan fingerprint density at radius 2 is 1.33 bits per heavy atom. The summed E-state index contributed by atoms with van der Waals surface area (Å²) < 4.78 is 11.9. The molecule has 4 N–H and O–H groups in total. The second kappa shape index (κ2) is 15.9. The van der Waals surface area contributed by atoms with Crippen LogP contribution in [0.4, 0.5) is 0 Å². The number of unbranched alkanes of at least 4 members (excludes halogenated alkanes) is 3. The van der Waals surface area contributed by atoms with Gasteiger partial charge < -0.3 is 29.9 Å². The van der Waals surface area contributed by atoms with E-state index in [2.05, 4.69) is 0 Å². The quantitative estimate of drug-likeness (QED) is 0.0526. The molecule has 0 saturated carbocycles. The molecule has 0 fully saturated rings. The SMILES string of the molecule is CCCCCCOc1cc(Oc2ccc(C=CC(=O)c3ccccc3)cc2)c(-c2cccc(C(=O)O)c2C(=O)O)c(C(=O)O)c1C(=O)O. The zero-order chi connectivity index (χ0) is 34.8. The van der Waals surface area contributed by atoms with E-state index >= 15 is 0 Å². The van der Waals surface area contributed by atoms with Gasteiger partial charge in [-0.05, 0) is 36.3 Å². The summed E-state index contributed by atoms with van der Waals surface area (Å²) in [5.41, 5.74) is -2.70. The van der Waals surface area contributed by atoms with E-state index in [0.29, 0.717) is 17.5 Å². The number of carbonyl (C=O) groups is 5. The molecule has 0 amide bonds. The van der Waals surface area contributed by atoms with E-state index in [0.717, 1.165) is 31.4 Å². The number of hydrogen-bond acceptors (Lipinski definition) is 7. The van der Waals surface area contributed by atoms with E-state index in [4.69, 9.17) is 9.47 Å². The number of hydrogen-bond donors (Lipinski definition) is 4. The van der Waals surface area contributed by atoms with Crippen molar-refractivity contribution in [2.24, 2.45) is 0 Å². The molecule has 0 saturated heterocycles. The number of carbonyl (C=O) groups excluding carboxylic acids is 1. The van der Waals surface area contributed by atoms with Crippen LogP contribution in [0.5, 0.6) is 17.2 Å². The van der Waals surface area contributed by atoms with E-state index in [9.17, 15) is 44.4 Å². The summed E-state index contributed by atoms with van der Waals surface area (Å²) >= 11 is 0. The molecule has 4 aromatic rings. The molecule has 11 nitrogen and oxygen atoms in total. The van der Waals surface area contributed by atoms with Crippen LogP contribution in [0.1, 0.15) is 90.0 Å². The van der Waals surface area contributed by atoms with Crippen LogP contribution in [-0.4, -0.2) is 56.7 Å². The van der Waals surface area contributed by atoms with Gasteiger partial charge in [-0.2, -0.15) is 0 Å². The Morgan fingerprint density at radius 1 is 0.667 bits per heavy atom. The van der Waals surface area contributed by atoms with E-state index in [1.807, 2.05) is 6.92 Å². The molecule has 11 heteroatoms. The molecule has 0 aliphatic carbocycles. The first kappa shape index (κ1) is 34.6. The minimum atomic E-state index is -1.73. The number of carboxylic acids is 4. The van der Waals surface area contributed by atoms with E-state index in [1.54, 1.807) is 48.5 Å². The highest BCUT2D eigenvalue weighted by Gasteiger charge is 2.33. The first-order valence-corrected chi connectivity index (χ1v) is 15.0. The molecular weight excluding hydrogens is 620 g/mol. The second-order valence-electron chi connectivity index (χ2n) is 10.6. The van der Waals surface area contributed by atoms with Gasteiger partial charge in [-0.25, -0.2) is 19.2 Å². The van der Waals surface area contributed by atoms with Crippen LogP contribution in [-0.2, 0) is 0 Å². The van der Waals surface area contributed by atoms with Gasteiger partial charge in [0.15, 0.2) is 5.78 Å². The fourth-order valence-corrected chi connectivity index (χ4v) is 5.05. The van der Waals surface area contributed by atoms with Gasteiger partial charge in [0.1, 0.15) is 22.8 Å². The zero-order valence-corrected chi connectivity index (χ0v) is 25.8. The fourth-order valence-electron chi connectivity index (χ4n) is 5.05. The average Bonchev–Trinajstić information content (AvgIpc) is 3.07. The van der Waals surface area contributed by atoms with Gasteiger partial charge in [-0.1, -0.05) is 86.9 Å². The van der Waals surface area contributed by atoms with Gasteiger partial charge in [-0.3, -0.25) is 4.79 Å². The third-order valence-electron chi connectivity index (χ3n) is 7.31. The maximum absolute atomic E-state index is 12.8. The molecule has 0 heterocycles. The van der Waals surface area contributed by atoms with Crippen LogP contribution in [0.25, 0.3) is 17.2 Å². The second-order valence-corrected chi connectivity index (χ2v) is 10.6. The third kappa shape index (κ3) is 8.13. The summed E-state index contributed by atoms with van der Waals surface area (Å²) in [6.07, 6.45) is 6.18. The molecule has 0 atom stereocenters. The Bertz CT molecular complexity index is 1870. The molecule has 4 rings (SSSR count). The number of aromatic carboxylic acids is 4. The van der Waals surface area contributed by atoms with Gasteiger partial charge in [-0.15, -0.1) is 0 Å². The Labute approximate surface area is 275 Å². The Morgan fingerprint density at radius 3 is 1.94 bits per heavy atom. The van der Waals surface area contributed by atoms with E-state index in [-0.39, 0.29) is 35.2 Å². The molecule has 0 radical (unpaired) electrons. The molecule has 0 aliphatic heterocycles. The van der Waals surface area contributed by atoms with Crippen LogP contribution in [0.15, 0.2) is 84.9 Å². The van der Waals surface area contributed by atoms with Gasteiger partial charge in [0.05, 0.1) is 23.3 Å². The molecule has 48 heavy (non-hydrogen) atoms. The minimum absolute atomic E-state index is 0.0652. The van der Waals surface area contributed by atoms with E-state index < -0.39 is 51.7 Å². The third-order valence-corrected chi connectivity index (χ3v) is 7.31. The lowest BCUT2D eigenvalue weighted by Crippen LogP contribution is -2.16. The summed E-state index contributed by atoms with van der Waals surface area (Å²) in [7, 11) is 0. The van der Waals surface area contributed by atoms with Crippen molar-refractivity contribution in [1.29, 1.82) is 0 Å². The molecule has 4 aromatic carbocycles. The van der Waals surface area contributed by atoms with Crippen molar-refractivity contribution in [3.05, 3.63) is 118 Å². The fraction of sp³-hybridized carbons (Fsp3) is 0.162. The smallest absolute Gasteiger partial charge is 0.340 e. The Kier molecular flexibility index (Phi) is 11.4.